The maximum absolute atomic E-state index is 13.1. The van der Waals surface area contributed by atoms with Crippen LogP contribution in [-0.4, -0.2) is 67.4 Å². The van der Waals surface area contributed by atoms with Crippen LogP contribution in [0, 0.1) is 0 Å². The molecular formula is C29H30N6OS. The lowest BCUT2D eigenvalue weighted by atomic mass is 9.96. The summed E-state index contributed by atoms with van der Waals surface area (Å²) < 4.78 is 1.99. The minimum absolute atomic E-state index is 0.124. The van der Waals surface area contributed by atoms with Crippen molar-refractivity contribution in [3.63, 3.8) is 0 Å². The number of hydrogen-bond donors (Lipinski definition) is 0. The number of piperazine rings is 1. The molecule has 0 N–H and O–H groups in total. The van der Waals surface area contributed by atoms with Gasteiger partial charge in [-0.25, -0.2) is 0 Å². The third kappa shape index (κ3) is 5.81. The van der Waals surface area contributed by atoms with Crippen LogP contribution in [0.2, 0.25) is 0 Å². The Morgan fingerprint density at radius 3 is 2.11 bits per heavy atom. The monoisotopic (exact) mass is 510 g/mol. The second-order valence-corrected chi connectivity index (χ2v) is 9.81. The number of amides is 1. The van der Waals surface area contributed by atoms with Crippen LogP contribution in [0.1, 0.15) is 17.2 Å². The van der Waals surface area contributed by atoms with Crippen molar-refractivity contribution >= 4 is 17.7 Å². The van der Waals surface area contributed by atoms with Gasteiger partial charge >= 0.3 is 0 Å². The third-order valence-corrected chi connectivity index (χ3v) is 7.51. The fraction of sp³-hybridized carbons (Fsp3) is 0.241. The summed E-state index contributed by atoms with van der Waals surface area (Å²) in [4.78, 5) is 21.7. The Labute approximate surface area is 221 Å². The van der Waals surface area contributed by atoms with Gasteiger partial charge in [-0.3, -0.25) is 19.2 Å². The molecule has 1 aliphatic heterocycles. The number of hydrogen-bond acceptors (Lipinski definition) is 6. The summed E-state index contributed by atoms with van der Waals surface area (Å²) in [7, 11) is 0. The molecule has 2 aromatic heterocycles. The smallest absolute Gasteiger partial charge is 0.233 e. The van der Waals surface area contributed by atoms with Crippen molar-refractivity contribution in [2.75, 3.05) is 31.9 Å². The molecule has 7 nitrogen and oxygen atoms in total. The molecule has 1 fully saturated rings. The van der Waals surface area contributed by atoms with Gasteiger partial charge in [0.2, 0.25) is 5.91 Å². The van der Waals surface area contributed by atoms with Gasteiger partial charge in [-0.2, -0.15) is 0 Å². The van der Waals surface area contributed by atoms with Crippen molar-refractivity contribution in [2.24, 2.45) is 0 Å². The van der Waals surface area contributed by atoms with Gasteiger partial charge in [0.25, 0.3) is 0 Å². The number of carbonyl (C=O) groups is 1. The molecule has 8 heteroatoms. The first-order valence-electron chi connectivity index (χ1n) is 12.4. The molecule has 0 spiro atoms. The van der Waals surface area contributed by atoms with Crippen molar-refractivity contribution in [1.29, 1.82) is 0 Å². The first kappa shape index (κ1) is 24.9. The molecule has 0 aliphatic carbocycles. The van der Waals surface area contributed by atoms with E-state index in [2.05, 4.69) is 87.3 Å². The van der Waals surface area contributed by atoms with Gasteiger partial charge < -0.3 is 4.90 Å². The number of benzene rings is 2. The van der Waals surface area contributed by atoms with Crippen LogP contribution in [0.4, 0.5) is 0 Å². The van der Waals surface area contributed by atoms with E-state index in [-0.39, 0.29) is 11.9 Å². The zero-order valence-corrected chi connectivity index (χ0v) is 21.5. The fourth-order valence-corrected chi connectivity index (χ4v) is 5.59. The van der Waals surface area contributed by atoms with Crippen molar-refractivity contribution in [2.45, 2.75) is 17.7 Å². The Balaban J connectivity index is 1.23. The van der Waals surface area contributed by atoms with Crippen molar-refractivity contribution in [3.8, 4) is 11.4 Å². The summed E-state index contributed by atoms with van der Waals surface area (Å²) in [6.45, 7) is 7.49. The van der Waals surface area contributed by atoms with Crippen molar-refractivity contribution in [3.05, 3.63) is 109 Å². The summed E-state index contributed by atoms with van der Waals surface area (Å²) in [6.07, 6.45) is 5.28. The maximum Gasteiger partial charge on any atom is 0.233 e. The number of carbonyl (C=O) groups excluding carboxylic acids is 1. The lowest BCUT2D eigenvalue weighted by molar-refractivity contribution is -0.130. The first-order valence-corrected chi connectivity index (χ1v) is 13.4. The third-order valence-electron chi connectivity index (χ3n) is 6.55. The topological polar surface area (TPSA) is 67.2 Å². The van der Waals surface area contributed by atoms with Crippen molar-refractivity contribution in [1.82, 2.24) is 29.5 Å². The van der Waals surface area contributed by atoms with Crippen LogP contribution < -0.4 is 0 Å². The largest absolute Gasteiger partial charge is 0.339 e. The highest BCUT2D eigenvalue weighted by Gasteiger charge is 2.28. The van der Waals surface area contributed by atoms with Gasteiger partial charge in [0.1, 0.15) is 0 Å². The molecule has 0 saturated carbocycles. The van der Waals surface area contributed by atoms with Gasteiger partial charge in [-0.1, -0.05) is 78.5 Å². The van der Waals surface area contributed by atoms with Gasteiger partial charge in [-0.15, -0.1) is 16.8 Å². The number of pyridine rings is 1. The summed E-state index contributed by atoms with van der Waals surface area (Å²) in [5.74, 6) is 1.20. The van der Waals surface area contributed by atoms with E-state index in [1.165, 1.54) is 22.9 Å². The summed E-state index contributed by atoms with van der Waals surface area (Å²) in [5, 5.41) is 9.44. The molecule has 4 aromatic rings. The standard InChI is InChI=1S/C29H30N6OS/c1-2-17-35-28(25-13-15-30-16-14-25)31-32-29(35)37-22-26(36)33-18-20-34(21-19-33)27(23-9-5-3-6-10-23)24-11-7-4-8-12-24/h2-16,27H,1,17-22H2. The second kappa shape index (κ2) is 12.0. The van der Waals surface area contributed by atoms with Crippen molar-refractivity contribution < 1.29 is 4.79 Å². The zero-order chi connectivity index (χ0) is 25.5. The highest BCUT2D eigenvalue weighted by molar-refractivity contribution is 7.99. The average Bonchev–Trinajstić information content (AvgIpc) is 3.36. The van der Waals surface area contributed by atoms with Crippen LogP contribution in [0.5, 0.6) is 0 Å². The Bertz CT molecular complexity index is 1260. The highest BCUT2D eigenvalue weighted by atomic mass is 32.2. The summed E-state index contributed by atoms with van der Waals surface area (Å²) >= 11 is 1.43. The molecule has 0 radical (unpaired) electrons. The molecular weight excluding hydrogens is 480 g/mol. The summed E-state index contributed by atoms with van der Waals surface area (Å²) in [6, 6.07) is 25.2. The molecule has 5 rings (SSSR count). The molecule has 1 aliphatic rings. The molecule has 1 saturated heterocycles. The Kier molecular flexibility index (Phi) is 8.08. The molecule has 188 valence electrons. The molecule has 0 unspecified atom stereocenters. The SMILES string of the molecule is C=CCn1c(SCC(=O)N2CCN(C(c3ccccc3)c3ccccc3)CC2)nnc1-c1ccncc1. The zero-order valence-electron chi connectivity index (χ0n) is 20.7. The van der Waals surface area contributed by atoms with E-state index in [0.717, 1.165) is 24.5 Å². The van der Waals surface area contributed by atoms with E-state index in [4.69, 9.17) is 0 Å². The molecule has 1 amide bonds. The number of nitrogens with zero attached hydrogens (tertiary/aromatic N) is 6. The maximum atomic E-state index is 13.1. The minimum Gasteiger partial charge on any atom is -0.339 e. The van der Waals surface area contributed by atoms with Crippen LogP contribution in [0.25, 0.3) is 11.4 Å². The Hall–Kier alpha value is -3.75. The number of allylic oxidation sites excluding steroid dienone is 1. The molecule has 37 heavy (non-hydrogen) atoms. The van der Waals surface area contributed by atoms with Crippen LogP contribution >= 0.6 is 11.8 Å². The van der Waals surface area contributed by atoms with Gasteiger partial charge in [0.15, 0.2) is 11.0 Å². The van der Waals surface area contributed by atoms with E-state index < -0.39 is 0 Å². The fourth-order valence-electron chi connectivity index (χ4n) is 4.74. The molecule has 2 aromatic carbocycles. The predicted octanol–water partition coefficient (Wildman–Crippen LogP) is 4.55. The van der Waals surface area contributed by atoms with Gasteiger partial charge in [0.05, 0.1) is 11.8 Å². The van der Waals surface area contributed by atoms with Crippen LogP contribution in [0.15, 0.2) is 103 Å². The number of rotatable bonds is 9. The predicted molar refractivity (Wildman–Crippen MR) is 147 cm³/mol. The Morgan fingerprint density at radius 1 is 0.892 bits per heavy atom. The van der Waals surface area contributed by atoms with Crippen LogP contribution in [0.3, 0.4) is 0 Å². The average molecular weight is 511 g/mol. The number of thioether (sulfide) groups is 1. The van der Waals surface area contributed by atoms with E-state index >= 15 is 0 Å². The van der Waals surface area contributed by atoms with Gasteiger partial charge in [-0.05, 0) is 23.3 Å². The van der Waals surface area contributed by atoms with E-state index in [1.807, 2.05) is 27.7 Å². The van der Waals surface area contributed by atoms with Crippen LogP contribution in [-0.2, 0) is 11.3 Å². The van der Waals surface area contributed by atoms with Gasteiger partial charge in [0, 0.05) is 50.7 Å². The van der Waals surface area contributed by atoms with E-state index in [1.54, 1.807) is 12.4 Å². The lowest BCUT2D eigenvalue weighted by Crippen LogP contribution is -2.50. The lowest BCUT2D eigenvalue weighted by Gasteiger charge is -2.39. The second-order valence-electron chi connectivity index (χ2n) is 8.87. The van der Waals surface area contributed by atoms with E-state index in [9.17, 15) is 4.79 Å². The minimum atomic E-state index is 0.124. The quantitative estimate of drug-likeness (QED) is 0.243. The normalized spacial score (nSPS) is 14.1. The number of aromatic nitrogens is 4. The first-order chi connectivity index (χ1) is 18.2. The molecule has 0 bridgehead atoms. The Morgan fingerprint density at radius 2 is 1.51 bits per heavy atom. The van der Waals surface area contributed by atoms with E-state index in [0.29, 0.717) is 30.5 Å². The summed E-state index contributed by atoms with van der Waals surface area (Å²) in [5.41, 5.74) is 3.48. The molecule has 0 atom stereocenters. The highest BCUT2D eigenvalue weighted by Crippen LogP contribution is 2.30. The molecule has 3 heterocycles.